The molecule has 1 saturated heterocycles. The molecule has 1 heterocycles. The zero-order chi connectivity index (χ0) is 30.2. The van der Waals surface area contributed by atoms with E-state index in [1.165, 1.54) is 11.1 Å². The van der Waals surface area contributed by atoms with Gasteiger partial charge in [-0.25, -0.2) is 9.59 Å². The summed E-state index contributed by atoms with van der Waals surface area (Å²) in [5.74, 6) is -0.176. The van der Waals surface area contributed by atoms with E-state index in [2.05, 4.69) is 50.4 Å². The van der Waals surface area contributed by atoms with Crippen LogP contribution in [-0.4, -0.2) is 66.9 Å². The first-order chi connectivity index (χ1) is 19.2. The summed E-state index contributed by atoms with van der Waals surface area (Å²) in [6.07, 6.45) is -1.53. The van der Waals surface area contributed by atoms with Crippen LogP contribution in [0, 0.1) is 0 Å². The van der Waals surface area contributed by atoms with E-state index in [4.69, 9.17) is 14.2 Å². The van der Waals surface area contributed by atoms with Gasteiger partial charge in [0.15, 0.2) is 6.10 Å². The molecule has 2 atom stereocenters. The first-order valence-electron chi connectivity index (χ1n) is 14.1. The number of carbonyl (C=O) groups is 3. The van der Waals surface area contributed by atoms with Crippen molar-refractivity contribution in [2.45, 2.75) is 88.7 Å². The van der Waals surface area contributed by atoms with Gasteiger partial charge in [0.25, 0.3) is 5.91 Å². The third-order valence-corrected chi connectivity index (χ3v) is 7.57. The molecule has 1 unspecified atom stereocenters. The van der Waals surface area contributed by atoms with Gasteiger partial charge in [0.1, 0.15) is 11.6 Å². The molecule has 0 saturated carbocycles. The van der Waals surface area contributed by atoms with E-state index < -0.39 is 29.8 Å². The second-order valence-corrected chi connectivity index (χ2v) is 13.4. The van der Waals surface area contributed by atoms with Crippen molar-refractivity contribution in [1.82, 2.24) is 10.2 Å². The van der Waals surface area contributed by atoms with Gasteiger partial charge in [-0.2, -0.15) is 0 Å². The monoisotopic (exact) mass is 584 g/mol. The lowest BCUT2D eigenvalue weighted by Gasteiger charge is -2.29. The Morgan fingerprint density at radius 2 is 1.63 bits per heavy atom. The van der Waals surface area contributed by atoms with Crippen molar-refractivity contribution in [3.05, 3.63) is 65.2 Å². The smallest absolute Gasteiger partial charge is 0.408 e. The number of nitrogens with zero attached hydrogens (tertiary/aromatic N) is 1. The first-order valence-corrected chi connectivity index (χ1v) is 15.1. The number of benzene rings is 2. The van der Waals surface area contributed by atoms with Gasteiger partial charge in [-0.1, -0.05) is 57.2 Å². The molecule has 1 N–H and O–H groups in total. The predicted molar refractivity (Wildman–Crippen MR) is 161 cm³/mol. The molecule has 41 heavy (non-hydrogen) atoms. The largest absolute Gasteiger partial charge is 0.451 e. The highest BCUT2D eigenvalue weighted by molar-refractivity contribution is 7.98. The van der Waals surface area contributed by atoms with Crippen molar-refractivity contribution in [3.8, 4) is 0 Å². The van der Waals surface area contributed by atoms with Crippen molar-refractivity contribution >= 4 is 29.7 Å². The summed E-state index contributed by atoms with van der Waals surface area (Å²) >= 11 is 1.70. The van der Waals surface area contributed by atoms with Crippen LogP contribution in [0.2, 0.25) is 0 Å². The Balaban J connectivity index is 1.68. The molecule has 0 aliphatic carbocycles. The fourth-order valence-corrected chi connectivity index (χ4v) is 5.19. The summed E-state index contributed by atoms with van der Waals surface area (Å²) in [5.41, 5.74) is 2.74. The lowest BCUT2D eigenvalue weighted by Crippen LogP contribution is -2.49. The quantitative estimate of drug-likeness (QED) is 0.307. The van der Waals surface area contributed by atoms with E-state index in [0.717, 1.165) is 16.2 Å². The second-order valence-electron chi connectivity index (χ2n) is 12.3. The normalized spacial score (nSPS) is 15.5. The van der Waals surface area contributed by atoms with E-state index >= 15 is 0 Å². The number of rotatable bonds is 9. The van der Waals surface area contributed by atoms with Crippen molar-refractivity contribution in [2.75, 3.05) is 26.3 Å². The molecule has 2 aromatic rings. The Bertz CT molecular complexity index is 1180. The standard InChI is InChI=1S/C32H44N2O6S/c1-22(28(35)34-15-17-38-18-16-34)39-29(36)27(33-30(37)40-32(5,6)7)20-24-9-8-10-26(19-24)41-21-23-11-13-25(14-12-23)31(2,3)4/h8-14,19,22,27H,15-18,20-21H2,1-7H3,(H,33,37)/t22?,27-/m0/s1. The molecule has 1 aliphatic rings. The van der Waals surface area contributed by atoms with Crippen LogP contribution in [0.25, 0.3) is 0 Å². The van der Waals surface area contributed by atoms with Gasteiger partial charge in [0.2, 0.25) is 0 Å². The fraction of sp³-hybridized carbons (Fsp3) is 0.531. The maximum Gasteiger partial charge on any atom is 0.408 e. The van der Waals surface area contributed by atoms with Gasteiger partial charge in [-0.05, 0) is 61.9 Å². The summed E-state index contributed by atoms with van der Waals surface area (Å²) in [6.45, 7) is 15.2. The van der Waals surface area contributed by atoms with E-state index in [1.54, 1.807) is 44.4 Å². The van der Waals surface area contributed by atoms with E-state index in [0.29, 0.717) is 26.3 Å². The molecule has 0 spiro atoms. The molecular formula is C32H44N2O6S. The molecule has 9 heteroatoms. The highest BCUT2D eigenvalue weighted by atomic mass is 32.2. The van der Waals surface area contributed by atoms with Crippen LogP contribution in [0.5, 0.6) is 0 Å². The maximum atomic E-state index is 13.2. The predicted octanol–water partition coefficient (Wildman–Crippen LogP) is 5.50. The van der Waals surface area contributed by atoms with Gasteiger partial charge >= 0.3 is 12.1 Å². The average molecular weight is 585 g/mol. The zero-order valence-electron chi connectivity index (χ0n) is 25.3. The number of hydrogen-bond acceptors (Lipinski definition) is 7. The highest BCUT2D eigenvalue weighted by Crippen LogP contribution is 2.27. The number of carbonyl (C=O) groups excluding carboxylic acids is 3. The van der Waals surface area contributed by atoms with Gasteiger partial charge in [-0.3, -0.25) is 4.79 Å². The molecular weight excluding hydrogens is 540 g/mol. The summed E-state index contributed by atoms with van der Waals surface area (Å²) in [6, 6.07) is 15.5. The van der Waals surface area contributed by atoms with E-state index in [1.807, 2.05) is 24.3 Å². The number of hydrogen-bond donors (Lipinski definition) is 1. The van der Waals surface area contributed by atoms with Gasteiger partial charge < -0.3 is 24.4 Å². The first kappa shape index (κ1) is 32.5. The van der Waals surface area contributed by atoms with Crippen LogP contribution in [-0.2, 0) is 41.4 Å². The molecule has 2 amide bonds. The van der Waals surface area contributed by atoms with Crippen molar-refractivity contribution in [3.63, 3.8) is 0 Å². The molecule has 1 aliphatic heterocycles. The second kappa shape index (κ2) is 14.2. The molecule has 0 bridgehead atoms. The maximum absolute atomic E-state index is 13.2. The van der Waals surface area contributed by atoms with E-state index in [-0.39, 0.29) is 17.7 Å². The van der Waals surface area contributed by atoms with Gasteiger partial charge in [0.05, 0.1) is 13.2 Å². The lowest BCUT2D eigenvalue weighted by molar-refractivity contribution is -0.162. The number of ether oxygens (including phenoxy) is 3. The summed E-state index contributed by atoms with van der Waals surface area (Å²) in [5, 5.41) is 2.65. The minimum absolute atomic E-state index is 0.110. The summed E-state index contributed by atoms with van der Waals surface area (Å²) < 4.78 is 16.2. The van der Waals surface area contributed by atoms with Gasteiger partial charge in [0, 0.05) is 30.2 Å². The summed E-state index contributed by atoms with van der Waals surface area (Å²) in [7, 11) is 0. The molecule has 3 rings (SSSR count). The van der Waals surface area contributed by atoms with Crippen molar-refractivity contribution in [2.24, 2.45) is 0 Å². The van der Waals surface area contributed by atoms with Gasteiger partial charge in [-0.15, -0.1) is 11.8 Å². The molecule has 2 aromatic carbocycles. The lowest BCUT2D eigenvalue weighted by atomic mass is 9.87. The minimum atomic E-state index is -1.03. The third kappa shape index (κ3) is 10.7. The van der Waals surface area contributed by atoms with Crippen molar-refractivity contribution < 1.29 is 28.6 Å². The van der Waals surface area contributed by atoms with Crippen LogP contribution in [0.1, 0.15) is 65.2 Å². The molecule has 0 radical (unpaired) electrons. The number of esters is 1. The Labute approximate surface area is 248 Å². The van der Waals surface area contributed by atoms with Crippen LogP contribution in [0.15, 0.2) is 53.4 Å². The van der Waals surface area contributed by atoms with E-state index in [9.17, 15) is 14.4 Å². The van der Waals surface area contributed by atoms with Crippen LogP contribution in [0.3, 0.4) is 0 Å². The topological polar surface area (TPSA) is 94.2 Å². The molecule has 0 aromatic heterocycles. The number of thioether (sulfide) groups is 1. The van der Waals surface area contributed by atoms with Crippen molar-refractivity contribution in [1.29, 1.82) is 0 Å². The number of amides is 2. The number of alkyl carbamates (subject to hydrolysis) is 1. The zero-order valence-corrected chi connectivity index (χ0v) is 26.1. The van der Waals surface area contributed by atoms with Crippen LogP contribution >= 0.6 is 11.8 Å². The SMILES string of the molecule is CC(OC(=O)[C@H](Cc1cccc(SCc2ccc(C(C)(C)C)cc2)c1)NC(=O)OC(C)(C)C)C(=O)N1CCOCC1. The molecule has 8 nitrogen and oxygen atoms in total. The minimum Gasteiger partial charge on any atom is -0.451 e. The Morgan fingerprint density at radius 1 is 0.976 bits per heavy atom. The fourth-order valence-electron chi connectivity index (χ4n) is 4.26. The average Bonchev–Trinajstić information content (AvgIpc) is 2.90. The number of nitrogens with one attached hydrogen (secondary N) is 1. The Kier molecular flexibility index (Phi) is 11.3. The molecule has 224 valence electrons. The Morgan fingerprint density at radius 3 is 2.24 bits per heavy atom. The Hall–Kier alpha value is -3.04. The van der Waals surface area contributed by atoms with Crippen LogP contribution in [0.4, 0.5) is 4.79 Å². The third-order valence-electron chi connectivity index (χ3n) is 6.50. The highest BCUT2D eigenvalue weighted by Gasteiger charge is 2.31. The summed E-state index contributed by atoms with van der Waals surface area (Å²) in [4.78, 5) is 41.3. The number of morpholine rings is 1. The molecule has 1 fully saturated rings. The van der Waals surface area contributed by atoms with Crippen LogP contribution < -0.4 is 5.32 Å².